The molecule has 0 saturated carbocycles. The first-order chi connectivity index (χ1) is 13.5. The maximum absolute atomic E-state index is 12.7. The van der Waals surface area contributed by atoms with Crippen LogP contribution < -0.4 is 10.9 Å². The smallest absolute Gasteiger partial charge is 0.254 e. The fourth-order valence-corrected chi connectivity index (χ4v) is 3.47. The summed E-state index contributed by atoms with van der Waals surface area (Å²) in [4.78, 5) is 36.4. The first-order valence-electron chi connectivity index (χ1n) is 8.95. The first kappa shape index (κ1) is 19.9. The van der Waals surface area contributed by atoms with E-state index in [2.05, 4.69) is 20.3 Å². The van der Waals surface area contributed by atoms with E-state index in [1.54, 1.807) is 13.1 Å². The van der Waals surface area contributed by atoms with Crippen LogP contribution in [0, 0.1) is 6.92 Å². The summed E-state index contributed by atoms with van der Waals surface area (Å²) in [6.45, 7) is 1.79. The SMILES string of the molecule is CSc1nc(C)c(CCC(=O)NC(c2ccccc2)c2nccn2C)c(=O)[nH]1. The minimum atomic E-state index is -0.356. The zero-order valence-corrected chi connectivity index (χ0v) is 16.9. The molecule has 2 N–H and O–H groups in total. The second-order valence-corrected chi connectivity index (χ2v) is 7.24. The largest absolute Gasteiger partial charge is 0.342 e. The molecule has 3 rings (SSSR count). The van der Waals surface area contributed by atoms with E-state index >= 15 is 0 Å². The lowest BCUT2D eigenvalue weighted by molar-refractivity contribution is -0.121. The Morgan fingerprint density at radius 2 is 2.07 bits per heavy atom. The molecule has 1 amide bonds. The summed E-state index contributed by atoms with van der Waals surface area (Å²) in [6.07, 6.45) is 5.93. The van der Waals surface area contributed by atoms with Crippen molar-refractivity contribution < 1.29 is 4.79 Å². The molecule has 2 heterocycles. The lowest BCUT2D eigenvalue weighted by Crippen LogP contribution is -2.31. The number of nitrogens with zero attached hydrogens (tertiary/aromatic N) is 3. The van der Waals surface area contributed by atoms with Crippen LogP contribution in [0.15, 0.2) is 52.7 Å². The molecule has 0 fully saturated rings. The van der Waals surface area contributed by atoms with Gasteiger partial charge in [0.05, 0.1) is 0 Å². The van der Waals surface area contributed by atoms with Crippen molar-refractivity contribution in [2.75, 3.05) is 6.26 Å². The number of hydrogen-bond acceptors (Lipinski definition) is 5. The van der Waals surface area contributed by atoms with Crippen molar-refractivity contribution in [3.63, 3.8) is 0 Å². The van der Waals surface area contributed by atoms with Gasteiger partial charge >= 0.3 is 0 Å². The van der Waals surface area contributed by atoms with E-state index in [1.165, 1.54) is 11.8 Å². The van der Waals surface area contributed by atoms with Gasteiger partial charge in [0.15, 0.2) is 5.16 Å². The molecule has 7 nitrogen and oxygen atoms in total. The van der Waals surface area contributed by atoms with Gasteiger partial charge in [-0.15, -0.1) is 0 Å². The number of H-pyrrole nitrogens is 1. The molecule has 0 radical (unpaired) electrons. The van der Waals surface area contributed by atoms with Gasteiger partial charge in [-0.1, -0.05) is 42.1 Å². The van der Waals surface area contributed by atoms with Gasteiger partial charge in [-0.2, -0.15) is 0 Å². The molecule has 28 heavy (non-hydrogen) atoms. The van der Waals surface area contributed by atoms with Gasteiger partial charge in [-0.3, -0.25) is 9.59 Å². The summed E-state index contributed by atoms with van der Waals surface area (Å²) >= 11 is 1.38. The number of nitrogens with one attached hydrogen (secondary N) is 2. The van der Waals surface area contributed by atoms with E-state index < -0.39 is 0 Å². The van der Waals surface area contributed by atoms with Crippen molar-refractivity contribution in [3.8, 4) is 0 Å². The van der Waals surface area contributed by atoms with Gasteiger partial charge in [0.2, 0.25) is 5.91 Å². The van der Waals surface area contributed by atoms with Crippen LogP contribution in [0.4, 0.5) is 0 Å². The Balaban J connectivity index is 1.75. The summed E-state index contributed by atoms with van der Waals surface area (Å²) in [5.41, 5.74) is 1.96. The molecule has 1 unspecified atom stereocenters. The highest BCUT2D eigenvalue weighted by Crippen LogP contribution is 2.20. The Labute approximate surface area is 167 Å². The number of rotatable bonds is 7. The molecule has 1 aromatic carbocycles. The topological polar surface area (TPSA) is 92.7 Å². The Hall–Kier alpha value is -2.87. The van der Waals surface area contributed by atoms with Gasteiger partial charge in [0, 0.05) is 37.1 Å². The molecule has 0 spiro atoms. The van der Waals surface area contributed by atoms with Crippen molar-refractivity contribution in [2.45, 2.75) is 31.0 Å². The molecule has 0 aliphatic carbocycles. The Morgan fingerprint density at radius 3 is 2.68 bits per heavy atom. The fourth-order valence-electron chi connectivity index (χ4n) is 3.05. The number of hydrogen-bond donors (Lipinski definition) is 2. The van der Waals surface area contributed by atoms with Gasteiger partial charge in [0.25, 0.3) is 5.56 Å². The molecule has 146 valence electrons. The molecule has 0 aliphatic heterocycles. The molecule has 1 atom stereocenters. The van der Waals surface area contributed by atoms with Crippen molar-refractivity contribution in [1.82, 2.24) is 24.8 Å². The standard InChI is InChI=1S/C20H23N5O2S/c1-13-15(19(27)24-20(22-13)28-3)9-10-16(26)23-17(14-7-5-4-6-8-14)18-21-11-12-25(18)2/h4-8,11-12,17H,9-10H2,1-3H3,(H,23,26)(H,22,24,27). The van der Waals surface area contributed by atoms with Crippen LogP contribution in [0.2, 0.25) is 0 Å². The number of aromatic nitrogens is 4. The number of imidazole rings is 1. The van der Waals surface area contributed by atoms with E-state index in [4.69, 9.17) is 0 Å². The highest BCUT2D eigenvalue weighted by Gasteiger charge is 2.21. The van der Waals surface area contributed by atoms with Crippen LogP contribution in [0.25, 0.3) is 0 Å². The van der Waals surface area contributed by atoms with Crippen LogP contribution in [0.1, 0.15) is 35.1 Å². The van der Waals surface area contributed by atoms with E-state index in [0.717, 1.165) is 11.4 Å². The van der Waals surface area contributed by atoms with Crippen LogP contribution >= 0.6 is 11.8 Å². The average molecular weight is 398 g/mol. The highest BCUT2D eigenvalue weighted by atomic mass is 32.2. The predicted molar refractivity (Wildman–Crippen MR) is 109 cm³/mol. The van der Waals surface area contributed by atoms with Gasteiger partial charge in [0.1, 0.15) is 11.9 Å². The minimum absolute atomic E-state index is 0.149. The lowest BCUT2D eigenvalue weighted by Gasteiger charge is -2.19. The Kier molecular flexibility index (Phi) is 6.30. The third-order valence-corrected chi connectivity index (χ3v) is 5.13. The number of aryl methyl sites for hydroxylation is 2. The molecule has 0 aliphatic rings. The zero-order chi connectivity index (χ0) is 20.1. The van der Waals surface area contributed by atoms with Gasteiger partial charge in [-0.25, -0.2) is 9.97 Å². The van der Waals surface area contributed by atoms with E-state index in [9.17, 15) is 9.59 Å². The molecular weight excluding hydrogens is 374 g/mol. The number of carbonyl (C=O) groups is 1. The summed E-state index contributed by atoms with van der Waals surface area (Å²) in [7, 11) is 1.90. The summed E-state index contributed by atoms with van der Waals surface area (Å²) in [6, 6.07) is 9.35. The average Bonchev–Trinajstić information content (AvgIpc) is 3.11. The fraction of sp³-hybridized carbons (Fsp3) is 0.300. The van der Waals surface area contributed by atoms with Gasteiger partial charge < -0.3 is 14.9 Å². The van der Waals surface area contributed by atoms with E-state index in [0.29, 0.717) is 22.8 Å². The highest BCUT2D eigenvalue weighted by molar-refractivity contribution is 7.98. The maximum Gasteiger partial charge on any atom is 0.254 e. The maximum atomic E-state index is 12.7. The summed E-state index contributed by atoms with van der Waals surface area (Å²) in [5, 5.41) is 3.63. The van der Waals surface area contributed by atoms with Gasteiger partial charge in [-0.05, 0) is 25.2 Å². The molecule has 0 bridgehead atoms. The number of thioether (sulfide) groups is 1. The van der Waals surface area contributed by atoms with Crippen molar-refractivity contribution in [1.29, 1.82) is 0 Å². The zero-order valence-electron chi connectivity index (χ0n) is 16.1. The van der Waals surface area contributed by atoms with Crippen molar-refractivity contribution >= 4 is 17.7 Å². The quantitative estimate of drug-likeness (QED) is 0.472. The first-order valence-corrected chi connectivity index (χ1v) is 10.2. The number of amides is 1. The Bertz CT molecular complexity index is 1010. The van der Waals surface area contributed by atoms with Crippen LogP contribution in [-0.2, 0) is 18.3 Å². The summed E-state index contributed by atoms with van der Waals surface area (Å²) in [5.74, 6) is 0.601. The normalized spacial score (nSPS) is 12.0. The molecule has 0 saturated heterocycles. The van der Waals surface area contributed by atoms with E-state index in [1.807, 2.05) is 54.4 Å². The third-order valence-electron chi connectivity index (χ3n) is 4.55. The number of carbonyl (C=O) groups excluding carboxylic acids is 1. The van der Waals surface area contributed by atoms with E-state index in [-0.39, 0.29) is 23.9 Å². The molecule has 8 heteroatoms. The lowest BCUT2D eigenvalue weighted by atomic mass is 10.1. The number of aromatic amines is 1. The molecule has 2 aromatic heterocycles. The Morgan fingerprint density at radius 1 is 1.32 bits per heavy atom. The predicted octanol–water partition coefficient (Wildman–Crippen LogP) is 2.37. The number of benzene rings is 1. The molecule has 3 aromatic rings. The minimum Gasteiger partial charge on any atom is -0.342 e. The van der Waals surface area contributed by atoms with Crippen LogP contribution in [-0.4, -0.2) is 31.7 Å². The van der Waals surface area contributed by atoms with Crippen LogP contribution in [0.5, 0.6) is 0 Å². The van der Waals surface area contributed by atoms with Crippen LogP contribution in [0.3, 0.4) is 0 Å². The molecular formula is C20H23N5O2S. The second-order valence-electron chi connectivity index (χ2n) is 6.45. The monoisotopic (exact) mass is 397 g/mol. The van der Waals surface area contributed by atoms with Crippen molar-refractivity contribution in [2.24, 2.45) is 7.05 Å². The third kappa shape index (κ3) is 4.51. The summed E-state index contributed by atoms with van der Waals surface area (Å²) < 4.78 is 1.89. The second kappa shape index (κ2) is 8.88. The van der Waals surface area contributed by atoms with Crippen molar-refractivity contribution in [3.05, 3.63) is 75.7 Å².